The van der Waals surface area contributed by atoms with E-state index in [0.717, 1.165) is 22.8 Å². The van der Waals surface area contributed by atoms with Gasteiger partial charge in [0.15, 0.2) is 10.7 Å². The number of rotatable bonds is 7. The van der Waals surface area contributed by atoms with Crippen LogP contribution in [0.1, 0.15) is 6.92 Å². The maximum atomic E-state index is 10.7. The number of aliphatic hydroxyl groups is 1. The second kappa shape index (κ2) is 8.70. The molecule has 4 rings (SSSR count). The zero-order valence-electron chi connectivity index (χ0n) is 18.8. The number of anilines is 1. The molecule has 0 unspecified atom stereocenters. The van der Waals surface area contributed by atoms with Crippen molar-refractivity contribution in [3.63, 3.8) is 0 Å². The largest absolute Gasteiger partial charge is 0.434 e. The van der Waals surface area contributed by atoms with Gasteiger partial charge in [-0.3, -0.25) is 0 Å². The van der Waals surface area contributed by atoms with Crippen molar-refractivity contribution >= 4 is 47.9 Å². The fourth-order valence-electron chi connectivity index (χ4n) is 3.62. The van der Waals surface area contributed by atoms with E-state index in [1.54, 1.807) is 13.1 Å². The van der Waals surface area contributed by atoms with Crippen LogP contribution >= 0.6 is 11.8 Å². The zero-order valence-corrected chi connectivity index (χ0v) is 20.7. The molecule has 1 fully saturated rings. The first-order chi connectivity index (χ1) is 14.7. The van der Waals surface area contributed by atoms with Gasteiger partial charge < -0.3 is 23.9 Å². The summed E-state index contributed by atoms with van der Waals surface area (Å²) in [6, 6.07) is 1.10. The summed E-state index contributed by atoms with van der Waals surface area (Å²) in [5, 5.41) is 16.6. The van der Waals surface area contributed by atoms with Gasteiger partial charge in [0.05, 0.1) is 26.0 Å². The van der Waals surface area contributed by atoms with Crippen molar-refractivity contribution in [3.05, 3.63) is 6.20 Å². The Morgan fingerprint density at radius 3 is 2.87 bits per heavy atom. The maximum Gasteiger partial charge on any atom is 0.235 e. The predicted molar refractivity (Wildman–Crippen MR) is 125 cm³/mol. The average molecular weight is 466 g/mol. The van der Waals surface area contributed by atoms with Crippen molar-refractivity contribution in [2.75, 3.05) is 44.1 Å². The first-order valence-electron chi connectivity index (χ1n) is 10.5. The van der Waals surface area contributed by atoms with E-state index >= 15 is 0 Å². The molecule has 0 spiro atoms. The van der Waals surface area contributed by atoms with E-state index in [1.165, 1.54) is 11.8 Å². The number of hydrogen-bond donors (Lipinski definition) is 1. The van der Waals surface area contributed by atoms with Crippen molar-refractivity contribution in [2.24, 2.45) is 0 Å². The minimum absolute atomic E-state index is 0.288. The molecule has 1 aliphatic heterocycles. The van der Waals surface area contributed by atoms with Crippen LogP contribution in [-0.2, 0) is 16.2 Å². The van der Waals surface area contributed by atoms with Crippen LogP contribution in [-0.4, -0.2) is 77.7 Å². The van der Waals surface area contributed by atoms with E-state index in [0.29, 0.717) is 49.5 Å². The number of thioether (sulfide) groups is 1. The van der Waals surface area contributed by atoms with Gasteiger partial charge in [0.1, 0.15) is 29.1 Å². The number of fused-ring (bicyclic) bond motifs is 3. The highest BCUT2D eigenvalue weighted by Gasteiger charge is 2.31. The Kier molecular flexibility index (Phi) is 6.32. The van der Waals surface area contributed by atoms with Crippen LogP contribution in [0.25, 0.3) is 22.2 Å². The summed E-state index contributed by atoms with van der Waals surface area (Å²) < 4.78 is 19.4. The molecule has 170 valence electrons. The van der Waals surface area contributed by atoms with Crippen molar-refractivity contribution in [3.8, 4) is 0 Å². The summed E-state index contributed by atoms with van der Waals surface area (Å²) >= 11 is 1.46. The molecule has 0 saturated carbocycles. The van der Waals surface area contributed by atoms with E-state index in [2.05, 4.69) is 34.6 Å². The van der Waals surface area contributed by atoms with Gasteiger partial charge in [-0.25, -0.2) is 9.67 Å². The smallest absolute Gasteiger partial charge is 0.235 e. The highest BCUT2D eigenvalue weighted by molar-refractivity contribution is 7.98. The Bertz CT molecular complexity index is 1060. The van der Waals surface area contributed by atoms with Crippen LogP contribution in [0.5, 0.6) is 0 Å². The van der Waals surface area contributed by atoms with Crippen molar-refractivity contribution < 1.29 is 19.0 Å². The van der Waals surface area contributed by atoms with E-state index < -0.39 is 13.7 Å². The number of aromatic nitrogens is 4. The van der Waals surface area contributed by atoms with Gasteiger partial charge in [-0.15, -0.1) is 0 Å². The lowest BCUT2D eigenvalue weighted by atomic mass is 10.1. The third kappa shape index (κ3) is 5.06. The zero-order chi connectivity index (χ0) is 22.2. The fourth-order valence-corrected chi connectivity index (χ4v) is 4.73. The Morgan fingerprint density at radius 2 is 2.13 bits per heavy atom. The second-order valence-corrected chi connectivity index (χ2v) is 15.9. The molecular formula is C20H31N5O4SSi. The summed E-state index contributed by atoms with van der Waals surface area (Å²) in [4.78, 5) is 11.4. The molecule has 11 heteroatoms. The lowest BCUT2D eigenvalue weighted by Gasteiger charge is -2.28. The quantitative estimate of drug-likeness (QED) is 0.244. The number of nitrogens with zero attached hydrogens (tertiary/aromatic N) is 5. The third-order valence-electron chi connectivity index (χ3n) is 5.23. The molecule has 3 aromatic rings. The molecule has 1 N–H and O–H groups in total. The number of furan rings is 1. The average Bonchev–Trinajstić information content (AvgIpc) is 3.19. The summed E-state index contributed by atoms with van der Waals surface area (Å²) in [5.41, 5.74) is 1.00. The van der Waals surface area contributed by atoms with Crippen LogP contribution in [0.2, 0.25) is 25.7 Å². The van der Waals surface area contributed by atoms with Crippen molar-refractivity contribution in [1.29, 1.82) is 0 Å². The van der Waals surface area contributed by atoms with Gasteiger partial charge in [-0.2, -0.15) is 10.1 Å². The second-order valence-electron chi connectivity index (χ2n) is 9.49. The Morgan fingerprint density at radius 1 is 1.32 bits per heavy atom. The SMILES string of the molecule is CSc1nc(N2CCOC[C@@](C)(O)C2)c2c(n1)oc1cnn(COCC[Si](C)(C)C)c12. The van der Waals surface area contributed by atoms with E-state index in [-0.39, 0.29) is 6.61 Å². The molecule has 1 saturated heterocycles. The molecule has 1 atom stereocenters. The van der Waals surface area contributed by atoms with Crippen molar-refractivity contribution in [1.82, 2.24) is 19.7 Å². The fraction of sp³-hybridized carbons (Fsp3) is 0.650. The third-order valence-corrected chi connectivity index (χ3v) is 7.48. The lowest BCUT2D eigenvalue weighted by Crippen LogP contribution is -2.42. The molecule has 0 amide bonds. The van der Waals surface area contributed by atoms with E-state index in [4.69, 9.17) is 18.9 Å². The Hall–Kier alpha value is -1.66. The number of ether oxygens (including phenoxy) is 2. The Labute approximate surface area is 187 Å². The molecule has 31 heavy (non-hydrogen) atoms. The molecule has 0 aliphatic carbocycles. The van der Waals surface area contributed by atoms with Crippen LogP contribution < -0.4 is 4.90 Å². The monoisotopic (exact) mass is 465 g/mol. The summed E-state index contributed by atoms with van der Waals surface area (Å²) in [7, 11) is -1.16. The summed E-state index contributed by atoms with van der Waals surface area (Å²) in [6.07, 6.45) is 3.63. The molecule has 9 nitrogen and oxygen atoms in total. The minimum Gasteiger partial charge on any atom is -0.434 e. The van der Waals surface area contributed by atoms with Gasteiger partial charge in [0, 0.05) is 21.2 Å². The van der Waals surface area contributed by atoms with Gasteiger partial charge in [0.2, 0.25) is 5.71 Å². The van der Waals surface area contributed by atoms with Crippen LogP contribution in [0.3, 0.4) is 0 Å². The molecule has 0 radical (unpaired) electrons. The van der Waals surface area contributed by atoms with Crippen LogP contribution in [0.4, 0.5) is 5.82 Å². The highest BCUT2D eigenvalue weighted by atomic mass is 32.2. The molecule has 1 aliphatic rings. The van der Waals surface area contributed by atoms with Gasteiger partial charge in [0.25, 0.3) is 0 Å². The summed E-state index contributed by atoms with van der Waals surface area (Å²) in [5.74, 6) is 0.725. The molecule has 4 heterocycles. The number of hydrogen-bond acceptors (Lipinski definition) is 9. The molecule has 3 aromatic heterocycles. The normalized spacial score (nSPS) is 20.6. The standard InChI is InChI=1S/C20H31N5O4SSi/c1-20(26)11-24(6-7-27-12-20)17-15-16-14(29-18(15)23-19(22-17)30-2)10-21-25(16)13-28-8-9-31(3,4)5/h10,26H,6-9,11-13H2,1-5H3/t20-/m0/s1. The minimum atomic E-state index is -1.16. The van der Waals surface area contributed by atoms with Gasteiger partial charge in [-0.1, -0.05) is 31.4 Å². The molecular weight excluding hydrogens is 434 g/mol. The predicted octanol–water partition coefficient (Wildman–Crippen LogP) is 3.19. The first-order valence-corrected chi connectivity index (χ1v) is 15.4. The van der Waals surface area contributed by atoms with Crippen LogP contribution in [0.15, 0.2) is 15.8 Å². The Balaban J connectivity index is 1.74. The highest BCUT2D eigenvalue weighted by Crippen LogP contribution is 2.36. The maximum absolute atomic E-state index is 10.7. The molecule has 0 aromatic carbocycles. The summed E-state index contributed by atoms with van der Waals surface area (Å²) in [6.45, 7) is 11.6. The van der Waals surface area contributed by atoms with Crippen LogP contribution in [0, 0.1) is 0 Å². The van der Waals surface area contributed by atoms with E-state index in [1.807, 2.05) is 10.9 Å². The van der Waals surface area contributed by atoms with Crippen molar-refractivity contribution in [2.45, 2.75) is 50.1 Å². The topological polar surface area (TPSA) is 98.7 Å². The van der Waals surface area contributed by atoms with Gasteiger partial charge >= 0.3 is 0 Å². The molecule has 0 bridgehead atoms. The van der Waals surface area contributed by atoms with E-state index in [9.17, 15) is 5.11 Å². The first kappa shape index (κ1) is 22.5. The van der Waals surface area contributed by atoms with Gasteiger partial charge in [-0.05, 0) is 19.2 Å². The lowest BCUT2D eigenvalue weighted by molar-refractivity contribution is -0.0123. The number of β-amino-alcohol motifs (C(OH)–C–C–N with tert-alkyl or cyclic N) is 1.